The summed E-state index contributed by atoms with van der Waals surface area (Å²) in [5.74, 6) is -0.669. The van der Waals surface area contributed by atoms with E-state index in [-0.39, 0.29) is 11.6 Å². The van der Waals surface area contributed by atoms with E-state index in [1.807, 2.05) is 0 Å². The van der Waals surface area contributed by atoms with Gasteiger partial charge >= 0.3 is 6.18 Å². The monoisotopic (exact) mass is 480 g/mol. The van der Waals surface area contributed by atoms with Crippen LogP contribution in [0.25, 0.3) is 0 Å². The van der Waals surface area contributed by atoms with Gasteiger partial charge in [-0.3, -0.25) is 14.8 Å². The molecule has 0 spiro atoms. The normalized spacial score (nSPS) is 12.8. The molecule has 2 heterocycles. The van der Waals surface area contributed by atoms with Gasteiger partial charge in [0.25, 0.3) is 5.91 Å². The van der Waals surface area contributed by atoms with Gasteiger partial charge in [0.2, 0.25) is 5.95 Å². The highest BCUT2D eigenvalue weighted by atomic mass is 35.5. The maximum Gasteiger partial charge on any atom is 0.436 e. The molecule has 0 aliphatic carbocycles. The molecular formula is C17H14Cl3F3N6O. The second-order valence-corrected chi connectivity index (χ2v) is 7.56. The van der Waals surface area contributed by atoms with E-state index in [1.165, 1.54) is 24.9 Å². The number of rotatable bonds is 5. The van der Waals surface area contributed by atoms with Crippen LogP contribution in [0.5, 0.6) is 0 Å². The lowest BCUT2D eigenvalue weighted by Gasteiger charge is -2.13. The fourth-order valence-corrected chi connectivity index (χ4v) is 3.19. The number of alkyl halides is 3. The highest BCUT2D eigenvalue weighted by molar-refractivity contribution is 6.42. The maximum absolute atomic E-state index is 13.0. The first-order valence-electron chi connectivity index (χ1n) is 8.43. The van der Waals surface area contributed by atoms with Crippen LogP contribution in [0, 0.1) is 6.92 Å². The molecule has 13 heteroatoms. The van der Waals surface area contributed by atoms with Gasteiger partial charge < -0.3 is 0 Å². The van der Waals surface area contributed by atoms with Crippen molar-refractivity contribution in [1.29, 1.82) is 0 Å². The molecule has 1 aromatic carbocycles. The lowest BCUT2D eigenvalue weighted by atomic mass is 10.2. The molecule has 1 unspecified atom stereocenters. The molecule has 1 atom stereocenters. The van der Waals surface area contributed by atoms with Gasteiger partial charge in [-0.2, -0.15) is 18.3 Å². The molecule has 3 rings (SSSR count). The van der Waals surface area contributed by atoms with Gasteiger partial charge in [0, 0.05) is 0 Å². The van der Waals surface area contributed by atoms with Crippen LogP contribution in [-0.2, 0) is 17.5 Å². The third kappa shape index (κ3) is 4.71. The summed E-state index contributed by atoms with van der Waals surface area (Å²) >= 11 is 17.6. The van der Waals surface area contributed by atoms with Crippen molar-refractivity contribution in [2.24, 2.45) is 0 Å². The van der Waals surface area contributed by atoms with Crippen LogP contribution >= 0.6 is 34.8 Å². The number of anilines is 1. The van der Waals surface area contributed by atoms with Gasteiger partial charge in [-0.05, 0) is 31.5 Å². The van der Waals surface area contributed by atoms with Crippen molar-refractivity contribution < 1.29 is 18.0 Å². The number of amides is 1. The van der Waals surface area contributed by atoms with Gasteiger partial charge in [-0.15, -0.1) is 5.10 Å². The SMILES string of the molecule is Cc1c(Cl)c(C(F)(F)F)nn1C(C)C(=O)Nc1ncn(Cc2ccc(Cl)c(Cl)c2)n1. The molecule has 0 aliphatic heterocycles. The minimum Gasteiger partial charge on any atom is -0.291 e. The van der Waals surface area contributed by atoms with Crippen molar-refractivity contribution in [3.63, 3.8) is 0 Å². The second-order valence-electron chi connectivity index (χ2n) is 6.37. The highest BCUT2D eigenvalue weighted by Gasteiger charge is 2.39. The van der Waals surface area contributed by atoms with Gasteiger partial charge in [0.15, 0.2) is 5.69 Å². The van der Waals surface area contributed by atoms with Crippen LogP contribution in [0.2, 0.25) is 15.1 Å². The van der Waals surface area contributed by atoms with E-state index in [1.54, 1.807) is 18.2 Å². The van der Waals surface area contributed by atoms with Crippen molar-refractivity contribution in [2.75, 3.05) is 5.32 Å². The molecule has 1 amide bonds. The number of benzene rings is 1. The minimum atomic E-state index is -4.73. The Balaban J connectivity index is 1.71. The predicted octanol–water partition coefficient (Wildman–Crippen LogP) is 5.01. The van der Waals surface area contributed by atoms with Crippen molar-refractivity contribution in [1.82, 2.24) is 24.5 Å². The third-order valence-electron chi connectivity index (χ3n) is 4.19. The summed E-state index contributed by atoms with van der Waals surface area (Å²) in [5.41, 5.74) is -0.419. The molecule has 0 saturated heterocycles. The van der Waals surface area contributed by atoms with Gasteiger partial charge in [0.05, 0.1) is 27.3 Å². The average molecular weight is 482 g/mol. The lowest BCUT2D eigenvalue weighted by molar-refractivity contribution is -0.141. The number of halogens is 6. The summed E-state index contributed by atoms with van der Waals surface area (Å²) in [6.07, 6.45) is -3.34. The molecule has 1 N–H and O–H groups in total. The summed E-state index contributed by atoms with van der Waals surface area (Å²) in [7, 11) is 0. The first kappa shape index (κ1) is 22.4. The first-order valence-corrected chi connectivity index (χ1v) is 9.56. The molecule has 30 heavy (non-hydrogen) atoms. The Labute approximate surface area is 183 Å². The number of aromatic nitrogens is 5. The van der Waals surface area contributed by atoms with Gasteiger partial charge in [-0.25, -0.2) is 9.67 Å². The van der Waals surface area contributed by atoms with Crippen molar-refractivity contribution in [2.45, 2.75) is 32.6 Å². The first-order chi connectivity index (χ1) is 14.0. The highest BCUT2D eigenvalue weighted by Crippen LogP contribution is 2.36. The van der Waals surface area contributed by atoms with E-state index in [0.717, 1.165) is 10.2 Å². The zero-order valence-electron chi connectivity index (χ0n) is 15.5. The Hall–Kier alpha value is -2.30. The van der Waals surface area contributed by atoms with Gasteiger partial charge in [-0.1, -0.05) is 40.9 Å². The largest absolute Gasteiger partial charge is 0.436 e. The van der Waals surface area contributed by atoms with Crippen LogP contribution < -0.4 is 5.32 Å². The maximum atomic E-state index is 13.0. The number of nitrogens with zero attached hydrogens (tertiary/aromatic N) is 5. The van der Waals surface area contributed by atoms with Crippen molar-refractivity contribution in [3.8, 4) is 0 Å². The second kappa shape index (κ2) is 8.44. The number of carbonyl (C=O) groups excluding carboxylic acids is 1. The molecule has 3 aromatic rings. The summed E-state index contributed by atoms with van der Waals surface area (Å²) in [6.45, 7) is 3.05. The average Bonchev–Trinajstić information content (AvgIpc) is 3.22. The molecule has 7 nitrogen and oxygen atoms in total. The minimum absolute atomic E-state index is 0.0149. The van der Waals surface area contributed by atoms with Gasteiger partial charge in [0.1, 0.15) is 12.4 Å². The van der Waals surface area contributed by atoms with Crippen LogP contribution in [-0.4, -0.2) is 30.5 Å². The molecule has 160 valence electrons. The molecule has 2 aromatic heterocycles. The Kier molecular flexibility index (Phi) is 6.30. The summed E-state index contributed by atoms with van der Waals surface area (Å²) in [5, 5.41) is 10.3. The topological polar surface area (TPSA) is 77.6 Å². The van der Waals surface area contributed by atoms with E-state index in [4.69, 9.17) is 34.8 Å². The Morgan fingerprint density at radius 2 is 1.90 bits per heavy atom. The smallest absolute Gasteiger partial charge is 0.291 e. The van der Waals surface area contributed by atoms with E-state index >= 15 is 0 Å². The zero-order valence-corrected chi connectivity index (χ0v) is 17.8. The summed E-state index contributed by atoms with van der Waals surface area (Å²) < 4.78 is 41.3. The molecule has 0 radical (unpaired) electrons. The Bertz CT molecular complexity index is 1100. The number of nitrogens with one attached hydrogen (secondary N) is 1. The predicted molar refractivity (Wildman–Crippen MR) is 106 cm³/mol. The van der Waals surface area contributed by atoms with Crippen LogP contribution in [0.1, 0.15) is 29.9 Å². The Morgan fingerprint density at radius 3 is 2.50 bits per heavy atom. The molecule has 0 saturated carbocycles. The standard InChI is InChI=1S/C17H14Cl3F3N6O/c1-8-13(20)14(17(21,22)23)26-29(8)9(2)15(30)25-16-24-7-28(27-16)6-10-3-4-11(18)12(19)5-10/h3-5,7,9H,6H2,1-2H3,(H,25,27,30). The number of hydrogen-bond acceptors (Lipinski definition) is 4. The quantitative estimate of drug-likeness (QED) is 0.556. The molecular weight excluding hydrogens is 468 g/mol. The summed E-state index contributed by atoms with van der Waals surface area (Å²) in [4.78, 5) is 16.4. The van der Waals surface area contributed by atoms with E-state index in [0.29, 0.717) is 16.6 Å². The fourth-order valence-electron chi connectivity index (χ4n) is 2.64. The van der Waals surface area contributed by atoms with Crippen LogP contribution in [0.15, 0.2) is 24.5 Å². The number of carbonyl (C=O) groups is 1. The third-order valence-corrected chi connectivity index (χ3v) is 5.38. The van der Waals surface area contributed by atoms with E-state index in [9.17, 15) is 18.0 Å². The lowest BCUT2D eigenvalue weighted by Crippen LogP contribution is -2.26. The van der Waals surface area contributed by atoms with E-state index < -0.39 is 28.8 Å². The molecule has 0 fully saturated rings. The van der Waals surface area contributed by atoms with Crippen molar-refractivity contribution >= 4 is 46.7 Å². The van der Waals surface area contributed by atoms with Crippen molar-refractivity contribution in [3.05, 3.63) is 56.5 Å². The fraction of sp³-hybridized carbons (Fsp3) is 0.294. The number of hydrogen-bond donors (Lipinski definition) is 1. The Morgan fingerprint density at radius 1 is 1.20 bits per heavy atom. The zero-order chi connectivity index (χ0) is 22.2. The van der Waals surface area contributed by atoms with Crippen LogP contribution in [0.4, 0.5) is 19.1 Å². The molecule has 0 bridgehead atoms. The molecule has 0 aliphatic rings. The summed E-state index contributed by atoms with van der Waals surface area (Å²) in [6, 6.07) is 4.00. The van der Waals surface area contributed by atoms with E-state index in [2.05, 4.69) is 20.5 Å². The van der Waals surface area contributed by atoms with Crippen LogP contribution in [0.3, 0.4) is 0 Å².